The summed E-state index contributed by atoms with van der Waals surface area (Å²) in [7, 11) is 0. The molecule has 0 aromatic carbocycles. The van der Waals surface area contributed by atoms with E-state index < -0.39 is 0 Å². The highest BCUT2D eigenvalue weighted by molar-refractivity contribution is 5.46. The van der Waals surface area contributed by atoms with Crippen LogP contribution in [0.25, 0.3) is 5.65 Å². The highest BCUT2D eigenvalue weighted by atomic mass is 16.1. The van der Waals surface area contributed by atoms with E-state index in [-0.39, 0.29) is 5.56 Å². The molecule has 2 aromatic heterocycles. The third-order valence-electron chi connectivity index (χ3n) is 2.37. The molecule has 0 bridgehead atoms. The number of H-pyrrole nitrogens is 1. The van der Waals surface area contributed by atoms with E-state index in [1.807, 2.05) is 20.0 Å². The van der Waals surface area contributed by atoms with E-state index in [9.17, 15) is 4.79 Å². The van der Waals surface area contributed by atoms with Crippen molar-refractivity contribution < 1.29 is 0 Å². The molecule has 0 aliphatic carbocycles. The molecule has 0 amide bonds. The van der Waals surface area contributed by atoms with Crippen LogP contribution < -0.4 is 5.56 Å². The molecule has 0 atom stereocenters. The SMILES string of the molecule is CCc1cc(=O)n2[nH]cc(CC)c2n1. The summed E-state index contributed by atoms with van der Waals surface area (Å²) >= 11 is 0. The first-order valence-electron chi connectivity index (χ1n) is 4.85. The molecule has 0 aliphatic rings. The third-order valence-corrected chi connectivity index (χ3v) is 2.37. The number of hydrogen-bond donors (Lipinski definition) is 1. The monoisotopic (exact) mass is 191 g/mol. The molecule has 4 nitrogen and oxygen atoms in total. The lowest BCUT2D eigenvalue weighted by molar-refractivity contribution is 0.875. The van der Waals surface area contributed by atoms with Gasteiger partial charge in [-0.25, -0.2) is 9.50 Å². The highest BCUT2D eigenvalue weighted by Crippen LogP contribution is 2.06. The Morgan fingerprint density at radius 1 is 1.43 bits per heavy atom. The van der Waals surface area contributed by atoms with Crippen LogP contribution >= 0.6 is 0 Å². The number of aryl methyl sites for hydroxylation is 2. The fourth-order valence-corrected chi connectivity index (χ4v) is 1.52. The van der Waals surface area contributed by atoms with Gasteiger partial charge >= 0.3 is 0 Å². The minimum atomic E-state index is -0.0356. The van der Waals surface area contributed by atoms with Crippen molar-refractivity contribution in [3.63, 3.8) is 0 Å². The average Bonchev–Trinajstić information content (AvgIpc) is 2.61. The van der Waals surface area contributed by atoms with Crippen LogP contribution in [0, 0.1) is 0 Å². The first-order chi connectivity index (χ1) is 6.76. The number of fused-ring (bicyclic) bond motifs is 1. The molecule has 1 N–H and O–H groups in total. The molecular formula is C10H13N3O. The van der Waals surface area contributed by atoms with Gasteiger partial charge < -0.3 is 0 Å². The van der Waals surface area contributed by atoms with E-state index in [2.05, 4.69) is 10.1 Å². The van der Waals surface area contributed by atoms with Crippen molar-refractivity contribution in [2.45, 2.75) is 26.7 Å². The maximum atomic E-state index is 11.6. The Bertz CT molecular complexity index is 510. The van der Waals surface area contributed by atoms with Gasteiger partial charge in [-0.3, -0.25) is 9.89 Å². The second-order valence-electron chi connectivity index (χ2n) is 3.25. The molecule has 4 heteroatoms. The highest BCUT2D eigenvalue weighted by Gasteiger charge is 2.06. The first-order valence-corrected chi connectivity index (χ1v) is 4.85. The summed E-state index contributed by atoms with van der Waals surface area (Å²) in [5.74, 6) is 0. The summed E-state index contributed by atoms with van der Waals surface area (Å²) in [4.78, 5) is 16.0. The quantitative estimate of drug-likeness (QED) is 0.774. The fourth-order valence-electron chi connectivity index (χ4n) is 1.52. The minimum absolute atomic E-state index is 0.0356. The van der Waals surface area contributed by atoms with Crippen molar-refractivity contribution in [2.24, 2.45) is 0 Å². The second kappa shape index (κ2) is 3.29. The van der Waals surface area contributed by atoms with E-state index in [0.717, 1.165) is 29.7 Å². The molecule has 0 saturated heterocycles. The largest absolute Gasteiger partial charge is 0.297 e. The predicted octanol–water partition coefficient (Wildman–Crippen LogP) is 1.15. The fraction of sp³-hybridized carbons (Fsp3) is 0.400. The standard InChI is InChI=1S/C10H13N3O/c1-3-7-6-11-13-9(14)5-8(4-2)12-10(7)13/h5-6,11H,3-4H2,1-2H3. The van der Waals surface area contributed by atoms with Crippen LogP contribution in [0.4, 0.5) is 0 Å². The first kappa shape index (κ1) is 8.99. The molecule has 14 heavy (non-hydrogen) atoms. The third kappa shape index (κ3) is 1.23. The van der Waals surface area contributed by atoms with Crippen molar-refractivity contribution in [1.82, 2.24) is 14.6 Å². The molecule has 0 spiro atoms. The molecule has 2 aromatic rings. The Morgan fingerprint density at radius 3 is 2.86 bits per heavy atom. The van der Waals surface area contributed by atoms with Crippen LogP contribution in [-0.2, 0) is 12.8 Å². The minimum Gasteiger partial charge on any atom is -0.297 e. The number of aromatic nitrogens is 3. The van der Waals surface area contributed by atoms with E-state index in [0.29, 0.717) is 0 Å². The van der Waals surface area contributed by atoms with E-state index >= 15 is 0 Å². The Labute approximate surface area is 81.6 Å². The molecule has 0 radical (unpaired) electrons. The zero-order valence-electron chi connectivity index (χ0n) is 8.37. The number of nitrogens with one attached hydrogen (secondary N) is 1. The van der Waals surface area contributed by atoms with Crippen LogP contribution in [0.3, 0.4) is 0 Å². The Kier molecular flexibility index (Phi) is 2.11. The molecule has 74 valence electrons. The normalized spacial score (nSPS) is 11.0. The Morgan fingerprint density at radius 2 is 2.21 bits per heavy atom. The van der Waals surface area contributed by atoms with Crippen molar-refractivity contribution in [3.05, 3.63) is 33.9 Å². The van der Waals surface area contributed by atoms with Crippen molar-refractivity contribution in [1.29, 1.82) is 0 Å². The maximum absolute atomic E-state index is 11.6. The van der Waals surface area contributed by atoms with Crippen LogP contribution in [0.2, 0.25) is 0 Å². The zero-order chi connectivity index (χ0) is 10.1. The van der Waals surface area contributed by atoms with Crippen LogP contribution in [-0.4, -0.2) is 14.6 Å². The smallest absolute Gasteiger partial charge is 0.272 e. The van der Waals surface area contributed by atoms with Crippen molar-refractivity contribution in [2.75, 3.05) is 0 Å². The molecule has 0 fully saturated rings. The predicted molar refractivity (Wildman–Crippen MR) is 54.6 cm³/mol. The molecule has 2 rings (SSSR count). The van der Waals surface area contributed by atoms with Gasteiger partial charge in [0.05, 0.1) is 0 Å². The lowest BCUT2D eigenvalue weighted by Crippen LogP contribution is -2.15. The van der Waals surface area contributed by atoms with Gasteiger partial charge in [-0.1, -0.05) is 13.8 Å². The van der Waals surface area contributed by atoms with Crippen molar-refractivity contribution >= 4 is 5.65 Å². The number of aromatic amines is 1. The van der Waals surface area contributed by atoms with Gasteiger partial charge in [-0.05, 0) is 12.8 Å². The average molecular weight is 191 g/mol. The van der Waals surface area contributed by atoms with Crippen LogP contribution in [0.5, 0.6) is 0 Å². The second-order valence-corrected chi connectivity index (χ2v) is 3.25. The molecule has 0 unspecified atom stereocenters. The van der Waals surface area contributed by atoms with Gasteiger partial charge in [-0.2, -0.15) is 0 Å². The number of hydrogen-bond acceptors (Lipinski definition) is 2. The van der Waals surface area contributed by atoms with Gasteiger partial charge in [0.15, 0.2) is 5.65 Å². The molecular weight excluding hydrogens is 178 g/mol. The summed E-state index contributed by atoms with van der Waals surface area (Å²) in [6.45, 7) is 4.05. The lowest BCUT2D eigenvalue weighted by Gasteiger charge is -1.97. The van der Waals surface area contributed by atoms with E-state index in [1.165, 1.54) is 4.52 Å². The van der Waals surface area contributed by atoms with Gasteiger partial charge in [0, 0.05) is 23.5 Å². The van der Waals surface area contributed by atoms with E-state index in [4.69, 9.17) is 0 Å². The van der Waals surface area contributed by atoms with E-state index in [1.54, 1.807) is 6.07 Å². The number of nitrogens with zero attached hydrogens (tertiary/aromatic N) is 2. The summed E-state index contributed by atoms with van der Waals surface area (Å²) in [6.07, 6.45) is 3.51. The molecule has 0 saturated carbocycles. The number of rotatable bonds is 2. The molecule has 0 aliphatic heterocycles. The van der Waals surface area contributed by atoms with Crippen molar-refractivity contribution in [3.8, 4) is 0 Å². The summed E-state index contributed by atoms with van der Waals surface area (Å²) in [5, 5.41) is 2.90. The van der Waals surface area contributed by atoms with Crippen LogP contribution in [0.1, 0.15) is 25.1 Å². The summed E-state index contributed by atoms with van der Waals surface area (Å²) in [6, 6.07) is 1.57. The Balaban J connectivity index is 2.80. The van der Waals surface area contributed by atoms with Crippen LogP contribution in [0.15, 0.2) is 17.1 Å². The van der Waals surface area contributed by atoms with Gasteiger partial charge in [0.2, 0.25) is 0 Å². The summed E-state index contributed by atoms with van der Waals surface area (Å²) < 4.78 is 1.48. The summed E-state index contributed by atoms with van der Waals surface area (Å²) in [5.41, 5.74) is 2.66. The van der Waals surface area contributed by atoms with Gasteiger partial charge in [-0.15, -0.1) is 0 Å². The molecule has 2 heterocycles. The topological polar surface area (TPSA) is 50.2 Å². The Hall–Kier alpha value is -1.58. The maximum Gasteiger partial charge on any atom is 0.272 e. The van der Waals surface area contributed by atoms with Gasteiger partial charge in [0.1, 0.15) is 0 Å². The zero-order valence-corrected chi connectivity index (χ0v) is 8.37. The van der Waals surface area contributed by atoms with Gasteiger partial charge in [0.25, 0.3) is 5.56 Å². The lowest BCUT2D eigenvalue weighted by atomic mass is 10.2.